The van der Waals surface area contributed by atoms with Crippen molar-refractivity contribution < 1.29 is 13.2 Å². The molecule has 1 aromatic carbocycles. The minimum absolute atomic E-state index is 0.0620. The van der Waals surface area contributed by atoms with Crippen molar-refractivity contribution in [1.82, 2.24) is 0 Å². The fourth-order valence-corrected chi connectivity index (χ4v) is 5.17. The van der Waals surface area contributed by atoms with Gasteiger partial charge in [-0.15, -0.1) is 0 Å². The van der Waals surface area contributed by atoms with Crippen LogP contribution >= 0.6 is 12.2 Å². The first-order chi connectivity index (χ1) is 14.1. The summed E-state index contributed by atoms with van der Waals surface area (Å²) in [6.07, 6.45) is 8.17. The molecule has 0 heterocycles. The topological polar surface area (TPSA) is 55.4 Å². The van der Waals surface area contributed by atoms with Gasteiger partial charge in [0.05, 0.1) is 11.8 Å². The molecule has 1 N–H and O–H groups in total. The fourth-order valence-electron chi connectivity index (χ4n) is 3.55. The molecule has 0 fully saturated rings. The number of rotatable bonds is 14. The molecule has 172 valence electrons. The third-order valence-corrected chi connectivity index (χ3v) is 6.82. The van der Waals surface area contributed by atoms with Crippen molar-refractivity contribution >= 4 is 33.0 Å². The van der Waals surface area contributed by atoms with Crippen molar-refractivity contribution in [2.75, 3.05) is 10.5 Å². The van der Waals surface area contributed by atoms with Crippen LogP contribution < -0.4 is 4.72 Å². The van der Waals surface area contributed by atoms with Crippen LogP contribution in [0.15, 0.2) is 18.2 Å². The maximum Gasteiger partial charge on any atom is 0.240 e. The van der Waals surface area contributed by atoms with E-state index in [1.54, 1.807) is 0 Å². The Labute approximate surface area is 190 Å². The number of para-hydroxylation sites is 1. The van der Waals surface area contributed by atoms with E-state index in [2.05, 4.69) is 39.3 Å². The van der Waals surface area contributed by atoms with Crippen molar-refractivity contribution in [2.45, 2.75) is 104 Å². The number of unbranched alkanes of at least 4 members (excludes halogenated alkanes) is 5. The normalized spacial score (nSPS) is 12.9. The van der Waals surface area contributed by atoms with Gasteiger partial charge in [-0.2, -0.15) is 0 Å². The Morgan fingerprint density at radius 1 is 0.967 bits per heavy atom. The van der Waals surface area contributed by atoms with E-state index in [1.807, 2.05) is 25.1 Å². The number of anilines is 1. The number of hydrogen-bond donors (Lipinski definition) is 1. The van der Waals surface area contributed by atoms with E-state index in [9.17, 15) is 8.42 Å². The molecule has 0 spiro atoms. The van der Waals surface area contributed by atoms with Gasteiger partial charge < -0.3 is 4.74 Å². The van der Waals surface area contributed by atoms with Crippen LogP contribution in [0.1, 0.15) is 109 Å². The Balaban J connectivity index is 2.67. The van der Waals surface area contributed by atoms with E-state index >= 15 is 0 Å². The Morgan fingerprint density at radius 2 is 1.50 bits per heavy atom. The molecule has 4 nitrogen and oxygen atoms in total. The first-order valence-corrected chi connectivity index (χ1v) is 13.5. The molecule has 0 aliphatic carbocycles. The molecule has 0 aliphatic heterocycles. The van der Waals surface area contributed by atoms with Gasteiger partial charge in [0.2, 0.25) is 10.0 Å². The van der Waals surface area contributed by atoms with Crippen molar-refractivity contribution in [3.05, 3.63) is 29.3 Å². The predicted octanol–water partition coefficient (Wildman–Crippen LogP) is 7.16. The minimum Gasteiger partial charge on any atom is -0.483 e. The average molecular weight is 456 g/mol. The second kappa shape index (κ2) is 13.3. The van der Waals surface area contributed by atoms with Crippen LogP contribution in [-0.2, 0) is 14.8 Å². The maximum absolute atomic E-state index is 12.8. The number of hydrogen-bond acceptors (Lipinski definition) is 4. The van der Waals surface area contributed by atoms with Crippen LogP contribution in [0.4, 0.5) is 5.69 Å². The molecule has 6 heteroatoms. The van der Waals surface area contributed by atoms with Crippen molar-refractivity contribution in [3.63, 3.8) is 0 Å². The summed E-state index contributed by atoms with van der Waals surface area (Å²) in [7, 11) is -3.64. The van der Waals surface area contributed by atoms with Crippen LogP contribution in [0.25, 0.3) is 0 Å². The van der Waals surface area contributed by atoms with Gasteiger partial charge in [-0.25, -0.2) is 8.42 Å². The number of nitrogens with one attached hydrogen (secondary N) is 1. The molecule has 0 aliphatic rings. The monoisotopic (exact) mass is 455 g/mol. The summed E-state index contributed by atoms with van der Waals surface area (Å²) in [6, 6.07) is 5.94. The SMILES string of the molecule is CCCCCCCCC(C)OC(=S)CS(=O)(=O)Nc1c(C(C)C)cccc1C(C)C. The standard InChI is InChI=1S/C24H41NO3S2/c1-7-8-9-10-11-12-14-20(6)28-23(29)17-30(26,27)25-24-21(18(2)3)15-13-16-22(24)19(4)5/h13,15-16,18-20,25H,7-12,14,17H2,1-6H3. The van der Waals surface area contributed by atoms with Crippen molar-refractivity contribution in [2.24, 2.45) is 0 Å². The summed E-state index contributed by atoms with van der Waals surface area (Å²) in [6.45, 7) is 12.4. The lowest BCUT2D eigenvalue weighted by Crippen LogP contribution is -2.26. The first-order valence-electron chi connectivity index (χ1n) is 11.4. The van der Waals surface area contributed by atoms with Crippen LogP contribution in [0.5, 0.6) is 0 Å². The first kappa shape index (κ1) is 26.9. The molecule has 0 bridgehead atoms. The molecular weight excluding hydrogens is 414 g/mol. The molecule has 30 heavy (non-hydrogen) atoms. The van der Waals surface area contributed by atoms with Gasteiger partial charge in [-0.3, -0.25) is 4.72 Å². The second-order valence-corrected chi connectivity index (χ2v) is 11.0. The number of thiocarbonyl (C=S) groups is 1. The Kier molecular flexibility index (Phi) is 11.9. The highest BCUT2D eigenvalue weighted by Crippen LogP contribution is 2.33. The van der Waals surface area contributed by atoms with E-state index in [0.717, 1.165) is 24.0 Å². The zero-order valence-corrected chi connectivity index (χ0v) is 21.3. The summed E-state index contributed by atoms with van der Waals surface area (Å²) in [4.78, 5) is 0. The van der Waals surface area contributed by atoms with E-state index in [1.165, 1.54) is 32.1 Å². The molecule has 0 amide bonds. The van der Waals surface area contributed by atoms with Crippen LogP contribution in [0.3, 0.4) is 0 Å². The molecule has 1 atom stereocenters. The summed E-state index contributed by atoms with van der Waals surface area (Å²) < 4.78 is 34.2. The van der Waals surface area contributed by atoms with Gasteiger partial charge in [0, 0.05) is 0 Å². The molecule has 1 aromatic rings. The number of benzene rings is 1. The lowest BCUT2D eigenvalue weighted by molar-refractivity contribution is 0.198. The van der Waals surface area contributed by atoms with Crippen molar-refractivity contribution in [1.29, 1.82) is 0 Å². The zero-order chi connectivity index (χ0) is 22.7. The largest absolute Gasteiger partial charge is 0.483 e. The predicted molar refractivity (Wildman–Crippen MR) is 133 cm³/mol. The summed E-state index contributed by atoms with van der Waals surface area (Å²) in [5, 5.41) is 0.133. The lowest BCUT2D eigenvalue weighted by Gasteiger charge is -2.21. The highest BCUT2D eigenvalue weighted by Gasteiger charge is 2.21. The highest BCUT2D eigenvalue weighted by atomic mass is 32.2. The maximum atomic E-state index is 12.8. The smallest absolute Gasteiger partial charge is 0.240 e. The van der Waals surface area contributed by atoms with E-state index in [0.29, 0.717) is 5.69 Å². The molecule has 0 saturated carbocycles. The van der Waals surface area contributed by atoms with Crippen LogP contribution in [0, 0.1) is 0 Å². The lowest BCUT2D eigenvalue weighted by atomic mass is 9.93. The van der Waals surface area contributed by atoms with Crippen LogP contribution in [0.2, 0.25) is 0 Å². The molecule has 0 aromatic heterocycles. The summed E-state index contributed by atoms with van der Waals surface area (Å²) in [5.41, 5.74) is 2.67. The van der Waals surface area contributed by atoms with Gasteiger partial charge in [0.15, 0.2) is 5.05 Å². The van der Waals surface area contributed by atoms with Gasteiger partial charge in [-0.1, -0.05) is 84.9 Å². The third-order valence-electron chi connectivity index (χ3n) is 5.24. The number of ether oxygens (including phenoxy) is 1. The number of sulfonamides is 1. The van der Waals surface area contributed by atoms with Gasteiger partial charge in [-0.05, 0) is 54.9 Å². The second-order valence-electron chi connectivity index (χ2n) is 8.84. The zero-order valence-electron chi connectivity index (χ0n) is 19.7. The highest BCUT2D eigenvalue weighted by molar-refractivity contribution is 7.95. The molecule has 1 rings (SSSR count). The van der Waals surface area contributed by atoms with Gasteiger partial charge in [0.1, 0.15) is 5.75 Å². The van der Waals surface area contributed by atoms with Gasteiger partial charge >= 0.3 is 0 Å². The molecule has 0 radical (unpaired) electrons. The Bertz CT molecular complexity index is 731. The third kappa shape index (κ3) is 9.78. The molecule has 0 saturated heterocycles. The summed E-state index contributed by atoms with van der Waals surface area (Å²) in [5.74, 6) is 0.122. The van der Waals surface area contributed by atoms with E-state index in [4.69, 9.17) is 17.0 Å². The van der Waals surface area contributed by atoms with E-state index in [-0.39, 0.29) is 28.7 Å². The Hall–Kier alpha value is -1.14. The van der Waals surface area contributed by atoms with Gasteiger partial charge in [0.25, 0.3) is 0 Å². The van der Waals surface area contributed by atoms with Crippen molar-refractivity contribution in [3.8, 4) is 0 Å². The fraction of sp³-hybridized carbons (Fsp3) is 0.708. The Morgan fingerprint density at radius 3 is 2.03 bits per heavy atom. The van der Waals surface area contributed by atoms with E-state index < -0.39 is 10.0 Å². The quantitative estimate of drug-likeness (QED) is 0.239. The minimum atomic E-state index is -3.64. The summed E-state index contributed by atoms with van der Waals surface area (Å²) >= 11 is 5.26. The van der Waals surface area contributed by atoms with Crippen LogP contribution in [-0.4, -0.2) is 25.3 Å². The molecule has 1 unspecified atom stereocenters. The average Bonchev–Trinajstić information content (AvgIpc) is 2.63. The molecular formula is C24H41NO3S2.